The summed E-state index contributed by atoms with van der Waals surface area (Å²) in [4.78, 5) is 65.2. The summed E-state index contributed by atoms with van der Waals surface area (Å²) in [5, 5.41) is 26.0. The van der Waals surface area contributed by atoms with Crippen LogP contribution < -0.4 is 44.6 Å². The number of hydrogen-bond acceptors (Lipinski definition) is 9. The summed E-state index contributed by atoms with van der Waals surface area (Å²) in [5.74, 6) is -4.81. The maximum atomic E-state index is 13.1. The van der Waals surface area contributed by atoms with Crippen molar-refractivity contribution in [2.75, 3.05) is 19.6 Å². The molecule has 16 heteroatoms. The predicted molar refractivity (Wildman–Crippen MR) is 144 cm³/mol. The highest BCUT2D eigenvalue weighted by Gasteiger charge is 2.30. The molecular weight excluding hydrogens is 514 g/mol. The van der Waals surface area contributed by atoms with Crippen molar-refractivity contribution in [3.05, 3.63) is 0 Å². The van der Waals surface area contributed by atoms with Gasteiger partial charge in [-0.1, -0.05) is 6.42 Å². The number of carbonyl (C=O) groups is 5. The largest absolute Gasteiger partial charge is 0.481 e. The molecule has 3 amide bonds. The van der Waals surface area contributed by atoms with E-state index in [2.05, 4.69) is 20.9 Å². The molecule has 0 radical (unpaired) electrons. The lowest BCUT2D eigenvalue weighted by atomic mass is 10.0. The minimum absolute atomic E-state index is 0.0284. The first-order chi connectivity index (χ1) is 18.4. The van der Waals surface area contributed by atoms with Crippen LogP contribution in [0, 0.1) is 0 Å². The smallest absolute Gasteiger partial charge is 0.326 e. The van der Waals surface area contributed by atoms with Gasteiger partial charge in [-0.3, -0.25) is 24.2 Å². The lowest BCUT2D eigenvalue weighted by molar-refractivity contribution is -0.142. The fourth-order valence-electron chi connectivity index (χ4n) is 3.52. The van der Waals surface area contributed by atoms with E-state index in [0.29, 0.717) is 45.2 Å². The number of carbonyl (C=O) groups excluding carboxylic acids is 3. The van der Waals surface area contributed by atoms with Gasteiger partial charge in [-0.05, 0) is 64.5 Å². The number of amides is 3. The number of nitrogens with two attached hydrogens (primary N) is 5. The van der Waals surface area contributed by atoms with E-state index < -0.39 is 60.2 Å². The topological polar surface area (TPSA) is 304 Å². The summed E-state index contributed by atoms with van der Waals surface area (Å²) in [6.45, 7) is 0.937. The molecule has 39 heavy (non-hydrogen) atoms. The van der Waals surface area contributed by atoms with Crippen molar-refractivity contribution in [3.63, 3.8) is 0 Å². The van der Waals surface area contributed by atoms with E-state index in [1.165, 1.54) is 0 Å². The summed E-state index contributed by atoms with van der Waals surface area (Å²) in [6.07, 6.45) is 2.31. The fraction of sp³-hybridized carbons (Fsp3) is 0.739. The molecule has 4 unspecified atom stereocenters. The van der Waals surface area contributed by atoms with Crippen LogP contribution in [0.2, 0.25) is 0 Å². The van der Waals surface area contributed by atoms with Crippen molar-refractivity contribution in [2.24, 2.45) is 33.7 Å². The summed E-state index contributed by atoms with van der Waals surface area (Å²) < 4.78 is 0. The van der Waals surface area contributed by atoms with Crippen LogP contribution in [0.15, 0.2) is 4.99 Å². The average Bonchev–Trinajstić information content (AvgIpc) is 2.86. The van der Waals surface area contributed by atoms with Crippen molar-refractivity contribution in [3.8, 4) is 0 Å². The first-order valence-electron chi connectivity index (χ1n) is 13.0. The summed E-state index contributed by atoms with van der Waals surface area (Å²) in [7, 11) is 0. The Balaban J connectivity index is 5.52. The quantitative estimate of drug-likeness (QED) is 0.0361. The zero-order valence-corrected chi connectivity index (χ0v) is 22.3. The molecule has 15 N–H and O–H groups in total. The predicted octanol–water partition coefficient (Wildman–Crippen LogP) is -2.97. The number of nitrogens with one attached hydrogen (secondary N) is 3. The lowest BCUT2D eigenvalue weighted by Crippen LogP contribution is -2.57. The molecule has 224 valence electrons. The van der Waals surface area contributed by atoms with Gasteiger partial charge in [0.1, 0.15) is 18.1 Å². The van der Waals surface area contributed by atoms with E-state index in [-0.39, 0.29) is 38.2 Å². The Labute approximate surface area is 227 Å². The van der Waals surface area contributed by atoms with Crippen molar-refractivity contribution in [2.45, 2.75) is 88.4 Å². The molecule has 0 aliphatic rings. The van der Waals surface area contributed by atoms with Gasteiger partial charge in [-0.25, -0.2) is 4.79 Å². The van der Waals surface area contributed by atoms with Crippen molar-refractivity contribution < 1.29 is 34.2 Å². The Kier molecular flexibility index (Phi) is 18.6. The van der Waals surface area contributed by atoms with Crippen LogP contribution in [0.5, 0.6) is 0 Å². The number of rotatable bonds is 22. The molecular formula is C23H45N9O7. The molecule has 0 heterocycles. The molecule has 0 aromatic heterocycles. The number of aliphatic imine (C=N–C) groups is 1. The number of carboxylic acid groups (broad SMARTS) is 2. The molecule has 0 saturated heterocycles. The Morgan fingerprint density at radius 1 is 0.667 bits per heavy atom. The molecule has 0 aliphatic heterocycles. The van der Waals surface area contributed by atoms with E-state index in [1.807, 2.05) is 0 Å². The Hall–Kier alpha value is -3.50. The number of hydrogen-bond donors (Lipinski definition) is 10. The van der Waals surface area contributed by atoms with Gasteiger partial charge in [0.15, 0.2) is 5.96 Å². The highest BCUT2D eigenvalue weighted by molar-refractivity contribution is 5.94. The average molecular weight is 560 g/mol. The maximum absolute atomic E-state index is 13.1. The summed E-state index contributed by atoms with van der Waals surface area (Å²) in [6, 6.07) is -4.65. The molecule has 0 saturated carbocycles. The molecule has 0 aliphatic carbocycles. The van der Waals surface area contributed by atoms with Gasteiger partial charge in [0, 0.05) is 13.0 Å². The minimum Gasteiger partial charge on any atom is -0.481 e. The number of aliphatic carboxylic acids is 2. The maximum Gasteiger partial charge on any atom is 0.326 e. The second kappa shape index (κ2) is 20.5. The van der Waals surface area contributed by atoms with Gasteiger partial charge >= 0.3 is 11.9 Å². The monoisotopic (exact) mass is 559 g/mol. The second-order valence-corrected chi connectivity index (χ2v) is 9.08. The SMILES string of the molecule is NCCCCC(N)C(=O)NC(CCC(=O)O)C(=O)NC(CCCCN)C(=O)NC(CCCN=C(N)N)C(=O)O. The molecule has 4 atom stereocenters. The van der Waals surface area contributed by atoms with E-state index >= 15 is 0 Å². The number of unbranched alkanes of at least 4 members (excludes halogenated alkanes) is 2. The third-order valence-electron chi connectivity index (χ3n) is 5.73. The molecule has 16 nitrogen and oxygen atoms in total. The van der Waals surface area contributed by atoms with E-state index in [0.717, 1.165) is 0 Å². The summed E-state index contributed by atoms with van der Waals surface area (Å²) >= 11 is 0. The number of guanidine groups is 1. The molecule has 0 aromatic rings. The first kappa shape index (κ1) is 35.5. The summed E-state index contributed by atoms with van der Waals surface area (Å²) in [5.41, 5.74) is 27.4. The van der Waals surface area contributed by atoms with Gasteiger partial charge in [0.05, 0.1) is 6.04 Å². The molecule has 0 rings (SSSR count). The Morgan fingerprint density at radius 3 is 1.67 bits per heavy atom. The Morgan fingerprint density at radius 2 is 1.15 bits per heavy atom. The van der Waals surface area contributed by atoms with Crippen molar-refractivity contribution in [1.29, 1.82) is 0 Å². The zero-order valence-electron chi connectivity index (χ0n) is 22.3. The van der Waals surface area contributed by atoms with Gasteiger partial charge in [-0.2, -0.15) is 0 Å². The standard InChI is InChI=1S/C23H45N9O7/c24-11-3-1-6-14(26)19(35)30-16(9-10-18(33)34)21(37)31-15(7-2-4-12-25)20(36)32-17(22(38)39)8-5-13-29-23(27)28/h14-17H,1-13,24-26H2,(H,30,35)(H,31,37)(H,32,36)(H,33,34)(H,38,39)(H4,27,28,29). The van der Waals surface area contributed by atoms with E-state index in [9.17, 15) is 29.1 Å². The normalized spacial score (nSPS) is 13.8. The van der Waals surface area contributed by atoms with Crippen molar-refractivity contribution in [1.82, 2.24) is 16.0 Å². The lowest BCUT2D eigenvalue weighted by Gasteiger charge is -2.25. The second-order valence-electron chi connectivity index (χ2n) is 9.08. The molecule has 0 bridgehead atoms. The molecule has 0 fully saturated rings. The number of nitrogens with zero attached hydrogens (tertiary/aromatic N) is 1. The van der Waals surface area contributed by atoms with Crippen LogP contribution in [-0.4, -0.2) is 89.6 Å². The van der Waals surface area contributed by atoms with Crippen LogP contribution >= 0.6 is 0 Å². The Bertz CT molecular complexity index is 822. The highest BCUT2D eigenvalue weighted by Crippen LogP contribution is 2.07. The minimum atomic E-state index is -1.28. The zero-order chi connectivity index (χ0) is 29.8. The highest BCUT2D eigenvalue weighted by atomic mass is 16.4. The van der Waals surface area contributed by atoms with Crippen LogP contribution in [0.3, 0.4) is 0 Å². The first-order valence-corrected chi connectivity index (χ1v) is 13.0. The van der Waals surface area contributed by atoms with Crippen molar-refractivity contribution >= 4 is 35.6 Å². The van der Waals surface area contributed by atoms with Crippen LogP contribution in [0.4, 0.5) is 0 Å². The van der Waals surface area contributed by atoms with Gasteiger partial charge in [-0.15, -0.1) is 0 Å². The van der Waals surface area contributed by atoms with Crippen LogP contribution in [0.25, 0.3) is 0 Å². The van der Waals surface area contributed by atoms with E-state index in [4.69, 9.17) is 33.8 Å². The molecule has 0 spiro atoms. The number of carboxylic acids is 2. The third kappa shape index (κ3) is 16.9. The van der Waals surface area contributed by atoms with Gasteiger partial charge < -0.3 is 54.8 Å². The van der Waals surface area contributed by atoms with Crippen LogP contribution in [0.1, 0.15) is 64.2 Å². The van der Waals surface area contributed by atoms with Gasteiger partial charge in [0.2, 0.25) is 17.7 Å². The molecule has 0 aromatic carbocycles. The van der Waals surface area contributed by atoms with Crippen LogP contribution in [-0.2, 0) is 24.0 Å². The van der Waals surface area contributed by atoms with E-state index in [1.54, 1.807) is 0 Å². The third-order valence-corrected chi connectivity index (χ3v) is 5.73. The fourth-order valence-corrected chi connectivity index (χ4v) is 3.52. The van der Waals surface area contributed by atoms with Gasteiger partial charge in [0.25, 0.3) is 0 Å².